The van der Waals surface area contributed by atoms with E-state index >= 15 is 0 Å². The Balaban J connectivity index is 1.81. The zero-order valence-electron chi connectivity index (χ0n) is 16.6. The van der Waals surface area contributed by atoms with E-state index in [1.54, 1.807) is 18.2 Å². The van der Waals surface area contributed by atoms with Crippen LogP contribution in [0.3, 0.4) is 0 Å². The Morgan fingerprint density at radius 3 is 2.27 bits per heavy atom. The highest BCUT2D eigenvalue weighted by molar-refractivity contribution is 6.01. The van der Waals surface area contributed by atoms with Gasteiger partial charge in [-0.3, -0.25) is 19.7 Å². The molecular formula is C20H20N2O8. The Kier molecular flexibility index (Phi) is 6.05. The number of rotatable bonds is 7. The van der Waals surface area contributed by atoms with Gasteiger partial charge in [0.25, 0.3) is 0 Å². The predicted octanol–water partition coefficient (Wildman–Crippen LogP) is 2.58. The van der Waals surface area contributed by atoms with Crippen molar-refractivity contribution in [3.63, 3.8) is 0 Å². The van der Waals surface area contributed by atoms with Gasteiger partial charge in [-0.05, 0) is 24.3 Å². The number of carbonyl (C=O) groups excluding carboxylic acids is 2. The minimum absolute atomic E-state index is 0.0468. The average molecular weight is 416 g/mol. The Hall–Kier alpha value is -3.82. The van der Waals surface area contributed by atoms with Crippen LogP contribution >= 0.6 is 0 Å². The molecule has 1 aliphatic heterocycles. The molecule has 1 atom stereocenters. The van der Waals surface area contributed by atoms with E-state index in [1.165, 1.54) is 38.4 Å². The molecule has 0 radical (unpaired) electrons. The van der Waals surface area contributed by atoms with Crippen molar-refractivity contribution >= 4 is 23.3 Å². The highest BCUT2D eigenvalue weighted by Gasteiger charge is 2.38. The smallest absolute Gasteiger partial charge is 0.316 e. The molecule has 1 fully saturated rings. The minimum atomic E-state index is -0.796. The van der Waals surface area contributed by atoms with Gasteiger partial charge in [0.05, 0.1) is 43.9 Å². The summed E-state index contributed by atoms with van der Waals surface area (Å²) in [6.07, 6.45) is -0.0941. The van der Waals surface area contributed by atoms with Crippen LogP contribution in [0.15, 0.2) is 36.4 Å². The third-order valence-corrected chi connectivity index (χ3v) is 4.71. The Morgan fingerprint density at radius 2 is 1.67 bits per heavy atom. The molecule has 0 aliphatic carbocycles. The third-order valence-electron chi connectivity index (χ3n) is 4.71. The molecule has 0 aromatic heterocycles. The fraction of sp³-hybridized carbons (Fsp3) is 0.300. The van der Waals surface area contributed by atoms with E-state index in [2.05, 4.69) is 0 Å². The molecule has 2 aromatic rings. The molecule has 2 aromatic carbocycles. The Labute approximate surface area is 172 Å². The summed E-state index contributed by atoms with van der Waals surface area (Å²) in [6.45, 7) is 0.0468. The molecule has 10 nitrogen and oxygen atoms in total. The molecule has 0 spiro atoms. The maximum Gasteiger partial charge on any atom is 0.316 e. The van der Waals surface area contributed by atoms with Crippen molar-refractivity contribution in [2.24, 2.45) is 5.92 Å². The van der Waals surface area contributed by atoms with Gasteiger partial charge in [0.1, 0.15) is 17.2 Å². The number of nitrogens with zero attached hydrogens (tertiary/aromatic N) is 2. The average Bonchev–Trinajstić information content (AvgIpc) is 3.14. The Bertz CT molecular complexity index is 991. The standard InChI is InChI=1S/C20H20N2O8/c1-27-13-4-6-17(29-3)15(9-13)21-11-12(8-19(21)23)20(24)30-18-7-5-14(28-2)10-16(18)22(25)26/h4-7,9-10,12H,8,11H2,1-3H3. The number of ether oxygens (including phenoxy) is 4. The second-order valence-corrected chi connectivity index (χ2v) is 6.46. The van der Waals surface area contributed by atoms with Crippen molar-refractivity contribution in [1.82, 2.24) is 0 Å². The lowest BCUT2D eigenvalue weighted by Gasteiger charge is -2.20. The lowest BCUT2D eigenvalue weighted by molar-refractivity contribution is -0.385. The minimum Gasteiger partial charge on any atom is -0.497 e. The SMILES string of the molecule is COc1ccc(OC)c(N2CC(C(=O)Oc3ccc(OC)cc3[N+](=O)[O-])CC2=O)c1. The van der Waals surface area contributed by atoms with Crippen LogP contribution in [-0.2, 0) is 9.59 Å². The van der Waals surface area contributed by atoms with Crippen LogP contribution in [0.4, 0.5) is 11.4 Å². The number of hydrogen-bond acceptors (Lipinski definition) is 8. The predicted molar refractivity (Wildman–Crippen MR) is 105 cm³/mol. The normalized spacial score (nSPS) is 15.6. The van der Waals surface area contributed by atoms with Gasteiger partial charge in [0.15, 0.2) is 0 Å². The molecule has 158 valence electrons. The number of benzene rings is 2. The molecule has 1 saturated heterocycles. The summed E-state index contributed by atoms with van der Waals surface area (Å²) in [6, 6.07) is 8.89. The summed E-state index contributed by atoms with van der Waals surface area (Å²) in [7, 11) is 4.34. The van der Waals surface area contributed by atoms with Crippen molar-refractivity contribution in [2.75, 3.05) is 32.8 Å². The van der Waals surface area contributed by atoms with Crippen molar-refractivity contribution in [3.8, 4) is 23.0 Å². The fourth-order valence-electron chi connectivity index (χ4n) is 3.15. The first kappa shape index (κ1) is 20.9. The highest BCUT2D eigenvalue weighted by atomic mass is 16.6. The first-order chi connectivity index (χ1) is 14.4. The number of esters is 1. The third kappa shape index (κ3) is 4.12. The molecule has 1 aliphatic rings. The van der Waals surface area contributed by atoms with E-state index in [0.717, 1.165) is 6.07 Å². The van der Waals surface area contributed by atoms with E-state index in [0.29, 0.717) is 17.2 Å². The van der Waals surface area contributed by atoms with Crippen molar-refractivity contribution in [3.05, 3.63) is 46.5 Å². The largest absolute Gasteiger partial charge is 0.497 e. The first-order valence-corrected chi connectivity index (χ1v) is 8.94. The van der Waals surface area contributed by atoms with Gasteiger partial charge in [0.2, 0.25) is 11.7 Å². The van der Waals surface area contributed by atoms with Gasteiger partial charge in [-0.25, -0.2) is 0 Å². The van der Waals surface area contributed by atoms with Crippen LogP contribution in [0.5, 0.6) is 23.0 Å². The summed E-state index contributed by atoms with van der Waals surface area (Å²) in [5, 5.41) is 11.3. The summed E-state index contributed by atoms with van der Waals surface area (Å²) < 4.78 is 20.7. The van der Waals surface area contributed by atoms with Crippen LogP contribution < -0.4 is 23.8 Å². The number of nitro groups is 1. The number of carbonyl (C=O) groups is 2. The number of hydrogen-bond donors (Lipinski definition) is 0. The monoisotopic (exact) mass is 416 g/mol. The second kappa shape index (κ2) is 8.68. The van der Waals surface area contributed by atoms with E-state index in [9.17, 15) is 19.7 Å². The molecule has 1 unspecified atom stereocenters. The van der Waals surface area contributed by atoms with Crippen LogP contribution in [0.2, 0.25) is 0 Å². The molecule has 1 heterocycles. The molecule has 0 saturated carbocycles. The Morgan fingerprint density at radius 1 is 1.03 bits per heavy atom. The van der Waals surface area contributed by atoms with E-state index in [4.69, 9.17) is 18.9 Å². The lowest BCUT2D eigenvalue weighted by atomic mass is 10.1. The summed E-state index contributed by atoms with van der Waals surface area (Å²) in [4.78, 5) is 37.2. The van der Waals surface area contributed by atoms with Crippen molar-refractivity contribution in [1.29, 1.82) is 0 Å². The van der Waals surface area contributed by atoms with Crippen LogP contribution in [0.25, 0.3) is 0 Å². The quantitative estimate of drug-likeness (QED) is 0.293. The van der Waals surface area contributed by atoms with Gasteiger partial charge < -0.3 is 23.8 Å². The van der Waals surface area contributed by atoms with E-state index in [1.807, 2.05) is 0 Å². The zero-order chi connectivity index (χ0) is 21.8. The molecule has 10 heteroatoms. The summed E-state index contributed by atoms with van der Waals surface area (Å²) in [5.41, 5.74) is 0.0610. The zero-order valence-corrected chi connectivity index (χ0v) is 16.6. The number of amides is 1. The number of methoxy groups -OCH3 is 3. The van der Waals surface area contributed by atoms with E-state index < -0.39 is 22.5 Å². The number of anilines is 1. The fourth-order valence-corrected chi connectivity index (χ4v) is 3.15. The van der Waals surface area contributed by atoms with Crippen molar-refractivity contribution in [2.45, 2.75) is 6.42 Å². The van der Waals surface area contributed by atoms with Gasteiger partial charge in [0, 0.05) is 19.0 Å². The molecule has 30 heavy (non-hydrogen) atoms. The van der Waals surface area contributed by atoms with Gasteiger partial charge >= 0.3 is 11.7 Å². The van der Waals surface area contributed by atoms with Gasteiger partial charge in [-0.1, -0.05) is 0 Å². The van der Waals surface area contributed by atoms with Crippen LogP contribution in [0.1, 0.15) is 6.42 Å². The van der Waals surface area contributed by atoms with Gasteiger partial charge in [-0.2, -0.15) is 0 Å². The summed E-state index contributed by atoms with van der Waals surface area (Å²) in [5.74, 6) is -0.809. The molecule has 0 bridgehead atoms. The lowest BCUT2D eigenvalue weighted by Crippen LogP contribution is -2.27. The number of nitro benzene ring substituents is 1. The van der Waals surface area contributed by atoms with Crippen molar-refractivity contribution < 1.29 is 33.5 Å². The maximum atomic E-state index is 12.6. The highest BCUT2D eigenvalue weighted by Crippen LogP contribution is 2.37. The van der Waals surface area contributed by atoms with Crippen LogP contribution in [-0.4, -0.2) is 44.7 Å². The maximum absolute atomic E-state index is 12.6. The molecule has 1 amide bonds. The van der Waals surface area contributed by atoms with Crippen LogP contribution in [0, 0.1) is 16.0 Å². The topological polar surface area (TPSA) is 117 Å². The van der Waals surface area contributed by atoms with E-state index in [-0.39, 0.29) is 30.4 Å². The molecule has 3 rings (SSSR count). The summed E-state index contributed by atoms with van der Waals surface area (Å²) >= 11 is 0. The van der Waals surface area contributed by atoms with Gasteiger partial charge in [-0.15, -0.1) is 0 Å². The molecular weight excluding hydrogens is 396 g/mol. The molecule has 0 N–H and O–H groups in total. The second-order valence-electron chi connectivity index (χ2n) is 6.46. The first-order valence-electron chi connectivity index (χ1n) is 8.94.